The van der Waals surface area contributed by atoms with Crippen molar-refractivity contribution < 1.29 is 33.3 Å². The molecule has 0 saturated carbocycles. The minimum atomic E-state index is -0.777. The van der Waals surface area contributed by atoms with E-state index in [4.69, 9.17) is 18.9 Å². The van der Waals surface area contributed by atoms with Gasteiger partial charge in [0.25, 0.3) is 5.91 Å². The molecule has 0 radical (unpaired) electrons. The number of methoxy groups -OCH3 is 2. The highest BCUT2D eigenvalue weighted by Gasteiger charge is 2.32. The smallest absolute Gasteiger partial charge is 0.357 e. The standard InChI is InChI=1S/C30H28BrN3O7/c1-5-40-23-15-20(21(31)16-24(23)41-17-25(35)32-22-14-10-9-11-18(22)2)27-26(29(36)38-3)28(30(37)39-4)34(33-27)19-12-7-6-8-13-19/h6-16H,5,17H2,1-4H3,(H,32,35). The van der Waals surface area contributed by atoms with E-state index in [1.165, 1.54) is 18.9 Å². The van der Waals surface area contributed by atoms with Crippen LogP contribution in [0.25, 0.3) is 16.9 Å². The lowest BCUT2D eigenvalue weighted by atomic mass is 10.0. The molecule has 11 heteroatoms. The first-order valence-corrected chi connectivity index (χ1v) is 13.4. The van der Waals surface area contributed by atoms with Gasteiger partial charge in [0.1, 0.15) is 11.3 Å². The van der Waals surface area contributed by atoms with Crippen LogP contribution in [-0.4, -0.2) is 55.1 Å². The average Bonchev–Trinajstić information content (AvgIpc) is 3.38. The highest BCUT2D eigenvalue weighted by Crippen LogP contribution is 2.41. The van der Waals surface area contributed by atoms with Gasteiger partial charge in [-0.2, -0.15) is 5.10 Å². The number of esters is 2. The van der Waals surface area contributed by atoms with Gasteiger partial charge < -0.3 is 24.3 Å². The van der Waals surface area contributed by atoms with Crippen molar-refractivity contribution in [1.29, 1.82) is 0 Å². The van der Waals surface area contributed by atoms with Crippen LogP contribution in [0.3, 0.4) is 0 Å². The number of benzene rings is 3. The summed E-state index contributed by atoms with van der Waals surface area (Å²) in [5, 5.41) is 7.46. The largest absolute Gasteiger partial charge is 0.490 e. The molecule has 0 atom stereocenters. The number of nitrogens with one attached hydrogen (secondary N) is 1. The number of aryl methyl sites for hydroxylation is 1. The van der Waals surface area contributed by atoms with E-state index in [0.717, 1.165) is 5.56 Å². The molecule has 212 valence electrons. The quantitative estimate of drug-likeness (QED) is 0.227. The lowest BCUT2D eigenvalue weighted by molar-refractivity contribution is -0.118. The maximum absolute atomic E-state index is 13.0. The van der Waals surface area contributed by atoms with Gasteiger partial charge in [0.2, 0.25) is 0 Å². The average molecular weight is 622 g/mol. The maximum atomic E-state index is 13.0. The first-order valence-electron chi connectivity index (χ1n) is 12.6. The van der Waals surface area contributed by atoms with Crippen LogP contribution in [0.1, 0.15) is 33.3 Å². The zero-order valence-electron chi connectivity index (χ0n) is 22.9. The Kier molecular flexibility index (Phi) is 9.41. The molecule has 0 aliphatic carbocycles. The predicted molar refractivity (Wildman–Crippen MR) is 156 cm³/mol. The Balaban J connectivity index is 1.77. The van der Waals surface area contributed by atoms with E-state index in [1.54, 1.807) is 49.4 Å². The van der Waals surface area contributed by atoms with Gasteiger partial charge in [-0.05, 0) is 65.7 Å². The van der Waals surface area contributed by atoms with E-state index >= 15 is 0 Å². The van der Waals surface area contributed by atoms with Crippen LogP contribution >= 0.6 is 15.9 Å². The molecule has 1 N–H and O–H groups in total. The molecule has 0 saturated heterocycles. The van der Waals surface area contributed by atoms with Crippen molar-refractivity contribution in [1.82, 2.24) is 9.78 Å². The van der Waals surface area contributed by atoms with Crippen molar-refractivity contribution in [2.24, 2.45) is 0 Å². The molecule has 0 unspecified atom stereocenters. The zero-order valence-corrected chi connectivity index (χ0v) is 24.5. The number of halogens is 1. The molecular weight excluding hydrogens is 594 g/mol. The number of nitrogens with zero attached hydrogens (tertiary/aromatic N) is 2. The maximum Gasteiger partial charge on any atom is 0.357 e. The number of hydrogen-bond acceptors (Lipinski definition) is 8. The van der Waals surface area contributed by atoms with Gasteiger partial charge >= 0.3 is 11.9 Å². The van der Waals surface area contributed by atoms with Gasteiger partial charge in [-0.3, -0.25) is 4.79 Å². The molecular formula is C30H28BrN3O7. The summed E-state index contributed by atoms with van der Waals surface area (Å²) in [6.07, 6.45) is 0. The Hall–Kier alpha value is -4.64. The number of rotatable bonds is 10. The monoisotopic (exact) mass is 621 g/mol. The van der Waals surface area contributed by atoms with Crippen molar-refractivity contribution in [2.75, 3.05) is 32.8 Å². The van der Waals surface area contributed by atoms with E-state index in [2.05, 4.69) is 26.3 Å². The van der Waals surface area contributed by atoms with Crippen LogP contribution in [-0.2, 0) is 14.3 Å². The number of amides is 1. The Morgan fingerprint density at radius 3 is 2.22 bits per heavy atom. The Labute approximate surface area is 245 Å². The minimum Gasteiger partial charge on any atom is -0.490 e. The number of para-hydroxylation sites is 2. The molecule has 1 aromatic heterocycles. The topological polar surface area (TPSA) is 118 Å². The van der Waals surface area contributed by atoms with Crippen LogP contribution in [0, 0.1) is 6.92 Å². The van der Waals surface area contributed by atoms with Crippen LogP contribution in [0.2, 0.25) is 0 Å². The minimum absolute atomic E-state index is 0.0855. The van der Waals surface area contributed by atoms with Crippen molar-refractivity contribution in [3.8, 4) is 28.4 Å². The summed E-state index contributed by atoms with van der Waals surface area (Å²) in [4.78, 5) is 38.6. The van der Waals surface area contributed by atoms with E-state index in [-0.39, 0.29) is 35.2 Å². The van der Waals surface area contributed by atoms with E-state index in [0.29, 0.717) is 33.8 Å². The summed E-state index contributed by atoms with van der Waals surface area (Å²) in [6, 6.07) is 19.5. The fourth-order valence-electron chi connectivity index (χ4n) is 4.08. The Morgan fingerprint density at radius 2 is 1.56 bits per heavy atom. The zero-order chi connectivity index (χ0) is 29.5. The number of hydrogen-bond donors (Lipinski definition) is 1. The number of carbonyl (C=O) groups is 3. The molecule has 41 heavy (non-hydrogen) atoms. The van der Waals surface area contributed by atoms with Crippen LogP contribution in [0.5, 0.6) is 11.5 Å². The van der Waals surface area contributed by atoms with Gasteiger partial charge in [0.15, 0.2) is 23.8 Å². The third-order valence-corrected chi connectivity index (χ3v) is 6.68. The Bertz CT molecular complexity index is 1580. The molecule has 4 aromatic rings. The molecule has 3 aromatic carbocycles. The predicted octanol–water partition coefficient (Wildman–Crippen LogP) is 5.60. The van der Waals surface area contributed by atoms with Gasteiger partial charge in [0, 0.05) is 15.7 Å². The summed E-state index contributed by atoms with van der Waals surface area (Å²) in [7, 11) is 2.43. The number of carbonyl (C=O) groups excluding carboxylic acids is 3. The molecule has 0 bridgehead atoms. The van der Waals surface area contributed by atoms with Crippen molar-refractivity contribution in [2.45, 2.75) is 13.8 Å². The summed E-state index contributed by atoms with van der Waals surface area (Å²) in [5.41, 5.74) is 2.53. The second kappa shape index (κ2) is 13.1. The van der Waals surface area contributed by atoms with Crippen LogP contribution in [0.4, 0.5) is 5.69 Å². The summed E-state index contributed by atoms with van der Waals surface area (Å²) in [6.45, 7) is 3.72. The SMILES string of the molecule is CCOc1cc(-c2nn(-c3ccccc3)c(C(=O)OC)c2C(=O)OC)c(Br)cc1OCC(=O)Nc1ccccc1C. The summed E-state index contributed by atoms with van der Waals surface area (Å²) in [5.74, 6) is -1.30. The molecule has 0 spiro atoms. The molecule has 10 nitrogen and oxygen atoms in total. The third kappa shape index (κ3) is 6.41. The highest BCUT2D eigenvalue weighted by atomic mass is 79.9. The number of ether oxygens (including phenoxy) is 4. The van der Waals surface area contributed by atoms with E-state index in [9.17, 15) is 14.4 Å². The lowest BCUT2D eigenvalue weighted by Crippen LogP contribution is -2.20. The molecule has 0 fully saturated rings. The third-order valence-electron chi connectivity index (χ3n) is 6.02. The van der Waals surface area contributed by atoms with E-state index < -0.39 is 11.9 Å². The second-order valence-electron chi connectivity index (χ2n) is 8.67. The van der Waals surface area contributed by atoms with E-state index in [1.807, 2.05) is 31.2 Å². The highest BCUT2D eigenvalue weighted by molar-refractivity contribution is 9.10. The molecule has 1 heterocycles. The van der Waals surface area contributed by atoms with Crippen LogP contribution in [0.15, 0.2) is 71.2 Å². The second-order valence-corrected chi connectivity index (χ2v) is 9.52. The fourth-order valence-corrected chi connectivity index (χ4v) is 4.59. The molecule has 1 amide bonds. The number of anilines is 1. The molecule has 0 aliphatic rings. The Morgan fingerprint density at radius 1 is 0.902 bits per heavy atom. The fraction of sp³-hybridized carbons (Fsp3) is 0.200. The van der Waals surface area contributed by atoms with Crippen LogP contribution < -0.4 is 14.8 Å². The lowest BCUT2D eigenvalue weighted by Gasteiger charge is -2.15. The molecule has 4 rings (SSSR count). The van der Waals surface area contributed by atoms with Crippen molar-refractivity contribution in [3.05, 3.63) is 88.0 Å². The first kappa shape index (κ1) is 29.3. The summed E-state index contributed by atoms with van der Waals surface area (Å²) >= 11 is 3.54. The number of aromatic nitrogens is 2. The van der Waals surface area contributed by atoms with Gasteiger partial charge in [0.05, 0.1) is 26.5 Å². The van der Waals surface area contributed by atoms with Gasteiger partial charge in [-0.15, -0.1) is 0 Å². The molecule has 0 aliphatic heterocycles. The van der Waals surface area contributed by atoms with Gasteiger partial charge in [-0.1, -0.05) is 36.4 Å². The summed E-state index contributed by atoms with van der Waals surface area (Å²) < 4.78 is 23.5. The first-order chi connectivity index (χ1) is 19.8. The normalized spacial score (nSPS) is 10.6. The van der Waals surface area contributed by atoms with Crippen molar-refractivity contribution >= 4 is 39.5 Å². The van der Waals surface area contributed by atoms with Crippen molar-refractivity contribution in [3.63, 3.8) is 0 Å². The van der Waals surface area contributed by atoms with Gasteiger partial charge in [-0.25, -0.2) is 14.3 Å².